The lowest BCUT2D eigenvalue weighted by atomic mass is 10.1. The highest BCUT2D eigenvalue weighted by Crippen LogP contribution is 2.23. The summed E-state index contributed by atoms with van der Waals surface area (Å²) in [5.41, 5.74) is 4.48. The fourth-order valence-corrected chi connectivity index (χ4v) is 6.47. The van der Waals surface area contributed by atoms with E-state index in [0.717, 1.165) is 81.1 Å². The Kier molecular flexibility index (Phi) is 23.6. The summed E-state index contributed by atoms with van der Waals surface area (Å²) in [4.78, 5) is 37.3. The number of carbonyl (C=O) groups is 3. The van der Waals surface area contributed by atoms with Gasteiger partial charge in [0.15, 0.2) is 0 Å². The third-order valence-electron chi connectivity index (χ3n) is 10.3. The molecule has 0 unspecified atom stereocenters. The Hall–Kier alpha value is -7.33. The van der Waals surface area contributed by atoms with Crippen LogP contribution < -0.4 is 23.7 Å². The molecule has 0 saturated heterocycles. The minimum absolute atomic E-state index is 0.331. The predicted octanol–water partition coefficient (Wildman–Crippen LogP) is 13.9. The lowest BCUT2D eigenvalue weighted by Crippen LogP contribution is -2.10. The van der Waals surface area contributed by atoms with Crippen LogP contribution in [0.15, 0.2) is 165 Å². The van der Waals surface area contributed by atoms with E-state index in [9.17, 15) is 14.4 Å². The quantitative estimate of drug-likeness (QED) is 0.0158. The zero-order chi connectivity index (χ0) is 48.9. The molecule has 10 nitrogen and oxygen atoms in total. The molecule has 358 valence electrons. The van der Waals surface area contributed by atoms with Crippen LogP contribution in [0.1, 0.15) is 112 Å². The highest BCUT2D eigenvalue weighted by atomic mass is 16.5. The molecule has 0 saturated carbocycles. The number of hydrogen-bond acceptors (Lipinski definition) is 10. The van der Waals surface area contributed by atoms with Crippen LogP contribution in [0.5, 0.6) is 28.7 Å². The van der Waals surface area contributed by atoms with Crippen molar-refractivity contribution in [1.29, 1.82) is 0 Å². The standard InChI is InChI=1S/C32H34O6.C26H32O4/c1-5-25(4)35-20-8-6-7-9-21-36-28-15-11-26(12-16-28)31(33)37-29-17-13-27(14-18-29)32(34)38-30-19-10-23(2)22-24(30)3;1-4-10-22-11-15-25(16-12-22)30-26(27)23-13-17-24(18-14-23)29-20-9-7-6-8-19-28-21(3)5-2/h5,10-19,22H,1,4,6-9,20-21H2,2-3H3;5,11-18H,2-4,6-10,19-20H2,1H3. The lowest BCUT2D eigenvalue weighted by molar-refractivity contribution is 0.0723. The van der Waals surface area contributed by atoms with Gasteiger partial charge in [-0.25, -0.2) is 14.4 Å². The van der Waals surface area contributed by atoms with Crippen molar-refractivity contribution in [2.45, 2.75) is 85.0 Å². The molecule has 0 amide bonds. The summed E-state index contributed by atoms with van der Waals surface area (Å²) in [6, 6.07) is 33.4. The maximum Gasteiger partial charge on any atom is 0.343 e. The number of hydrogen-bond donors (Lipinski definition) is 0. The molecule has 0 radical (unpaired) electrons. The fourth-order valence-electron chi connectivity index (χ4n) is 6.47. The van der Waals surface area contributed by atoms with E-state index in [2.05, 4.69) is 33.2 Å². The topological polar surface area (TPSA) is 116 Å². The van der Waals surface area contributed by atoms with Gasteiger partial charge in [0.25, 0.3) is 0 Å². The molecule has 0 bridgehead atoms. The summed E-state index contributed by atoms with van der Waals surface area (Å²) < 4.78 is 38.6. The summed E-state index contributed by atoms with van der Waals surface area (Å²) in [7, 11) is 0. The van der Waals surface area contributed by atoms with Crippen LogP contribution >= 0.6 is 0 Å². The molecule has 0 spiro atoms. The van der Waals surface area contributed by atoms with Crippen LogP contribution in [-0.4, -0.2) is 44.3 Å². The molecule has 0 N–H and O–H groups in total. The SMILES string of the molecule is C=CC(=C)OCCCCCCOc1ccc(C(=O)Oc2ccc(C(=O)Oc3ccc(C)cc3C)cc2)cc1.C=CC(=C)OCCCCCCOc1ccc(C(=O)Oc2ccc(CCC)cc2)cc1. The molecule has 0 aliphatic heterocycles. The first-order valence-corrected chi connectivity index (χ1v) is 23.2. The molecule has 5 aromatic carbocycles. The number of carbonyl (C=O) groups excluding carboxylic acids is 3. The van der Waals surface area contributed by atoms with Gasteiger partial charge in [-0.2, -0.15) is 0 Å². The second-order valence-corrected chi connectivity index (χ2v) is 16.0. The first-order valence-electron chi connectivity index (χ1n) is 23.2. The molecule has 0 aliphatic carbocycles. The third kappa shape index (κ3) is 20.0. The zero-order valence-electron chi connectivity index (χ0n) is 39.9. The van der Waals surface area contributed by atoms with Crippen LogP contribution in [-0.2, 0) is 15.9 Å². The van der Waals surface area contributed by atoms with E-state index in [1.54, 1.807) is 91.0 Å². The molecule has 0 aliphatic rings. The molecule has 10 heteroatoms. The highest BCUT2D eigenvalue weighted by Gasteiger charge is 2.14. The average molecular weight is 923 g/mol. The lowest BCUT2D eigenvalue weighted by Gasteiger charge is -2.09. The normalized spacial score (nSPS) is 10.3. The summed E-state index contributed by atoms with van der Waals surface area (Å²) in [6.07, 6.45) is 13.4. The Balaban J connectivity index is 0.000000305. The monoisotopic (exact) mass is 922 g/mol. The Morgan fingerprint density at radius 1 is 0.471 bits per heavy atom. The van der Waals surface area contributed by atoms with Crippen molar-refractivity contribution >= 4 is 17.9 Å². The van der Waals surface area contributed by atoms with Gasteiger partial charge in [-0.15, -0.1) is 0 Å². The van der Waals surface area contributed by atoms with Crippen molar-refractivity contribution in [3.05, 3.63) is 199 Å². The molecule has 0 fully saturated rings. The number of rotatable bonds is 28. The van der Waals surface area contributed by atoms with Crippen LogP contribution in [0.3, 0.4) is 0 Å². The second kappa shape index (κ2) is 30.1. The minimum atomic E-state index is -0.497. The third-order valence-corrected chi connectivity index (χ3v) is 10.3. The van der Waals surface area contributed by atoms with Crippen LogP contribution in [0.4, 0.5) is 0 Å². The van der Waals surface area contributed by atoms with Gasteiger partial charge in [-0.3, -0.25) is 0 Å². The van der Waals surface area contributed by atoms with E-state index < -0.39 is 11.9 Å². The highest BCUT2D eigenvalue weighted by molar-refractivity contribution is 5.93. The zero-order valence-corrected chi connectivity index (χ0v) is 39.9. The first kappa shape index (κ1) is 53.3. The van der Waals surface area contributed by atoms with Crippen LogP contribution in [0.25, 0.3) is 0 Å². The molecule has 0 heterocycles. The second-order valence-electron chi connectivity index (χ2n) is 16.0. The summed E-state index contributed by atoms with van der Waals surface area (Å²) in [5.74, 6) is 2.72. The van der Waals surface area contributed by atoms with E-state index in [-0.39, 0.29) is 5.97 Å². The van der Waals surface area contributed by atoms with Gasteiger partial charge in [0.05, 0.1) is 43.1 Å². The van der Waals surface area contributed by atoms with E-state index in [4.69, 9.17) is 33.2 Å². The van der Waals surface area contributed by atoms with Crippen molar-refractivity contribution in [3.63, 3.8) is 0 Å². The number of ether oxygens (including phenoxy) is 7. The minimum Gasteiger partial charge on any atom is -0.494 e. The predicted molar refractivity (Wildman–Crippen MR) is 269 cm³/mol. The number of unbranched alkanes of at least 4 members (excludes halogenated alkanes) is 6. The molecule has 68 heavy (non-hydrogen) atoms. The van der Waals surface area contributed by atoms with Gasteiger partial charge in [-0.1, -0.05) is 69.5 Å². The van der Waals surface area contributed by atoms with Crippen molar-refractivity contribution in [1.82, 2.24) is 0 Å². The van der Waals surface area contributed by atoms with E-state index in [0.29, 0.717) is 77.6 Å². The van der Waals surface area contributed by atoms with Crippen molar-refractivity contribution in [3.8, 4) is 28.7 Å². The Labute approximate surface area is 402 Å². The maximum absolute atomic E-state index is 12.5. The number of esters is 3. The van der Waals surface area contributed by atoms with Crippen molar-refractivity contribution in [2.24, 2.45) is 0 Å². The molecule has 0 aromatic heterocycles. The van der Waals surface area contributed by atoms with Crippen LogP contribution in [0.2, 0.25) is 0 Å². The van der Waals surface area contributed by atoms with Gasteiger partial charge in [0, 0.05) is 0 Å². The van der Waals surface area contributed by atoms with Gasteiger partial charge in [-0.05, 0) is 186 Å². The molecular formula is C58H66O10. The molecule has 5 aromatic rings. The Morgan fingerprint density at radius 2 is 0.853 bits per heavy atom. The molecular weight excluding hydrogens is 857 g/mol. The van der Waals surface area contributed by atoms with Gasteiger partial charge >= 0.3 is 17.9 Å². The van der Waals surface area contributed by atoms with E-state index in [1.807, 2.05) is 50.2 Å². The van der Waals surface area contributed by atoms with Crippen molar-refractivity contribution < 1.29 is 47.5 Å². The molecule has 0 atom stereocenters. The van der Waals surface area contributed by atoms with Crippen LogP contribution in [0, 0.1) is 13.8 Å². The van der Waals surface area contributed by atoms with Gasteiger partial charge in [0.2, 0.25) is 0 Å². The van der Waals surface area contributed by atoms with Crippen molar-refractivity contribution in [2.75, 3.05) is 26.4 Å². The summed E-state index contributed by atoms with van der Waals surface area (Å²) >= 11 is 0. The largest absolute Gasteiger partial charge is 0.494 e. The van der Waals surface area contributed by atoms with E-state index in [1.165, 1.54) is 5.56 Å². The Bertz CT molecular complexity index is 2360. The summed E-state index contributed by atoms with van der Waals surface area (Å²) in [5, 5.41) is 0. The van der Waals surface area contributed by atoms with Gasteiger partial charge < -0.3 is 33.2 Å². The van der Waals surface area contributed by atoms with Gasteiger partial charge in [0.1, 0.15) is 40.3 Å². The fraction of sp³-hybridized carbons (Fsp3) is 0.293. The molecule has 5 rings (SSSR count). The van der Waals surface area contributed by atoms with E-state index >= 15 is 0 Å². The first-order chi connectivity index (χ1) is 33.0. The number of benzene rings is 5. The average Bonchev–Trinajstić information content (AvgIpc) is 3.35. The number of allylic oxidation sites excluding steroid dienone is 2. The maximum atomic E-state index is 12.5. The smallest absolute Gasteiger partial charge is 0.343 e. The number of aryl methyl sites for hydroxylation is 3. The Morgan fingerprint density at radius 3 is 1.25 bits per heavy atom. The summed E-state index contributed by atoms with van der Waals surface area (Å²) in [6.45, 7) is 23.2.